The summed E-state index contributed by atoms with van der Waals surface area (Å²) in [6, 6.07) is 68.8. The molecule has 0 bridgehead atoms. The molecule has 278 valence electrons. The Balaban J connectivity index is 1.15. The van der Waals surface area contributed by atoms with Crippen LogP contribution in [-0.2, 0) is 0 Å². The van der Waals surface area contributed by atoms with E-state index in [9.17, 15) is 0 Å². The molecule has 0 aliphatic heterocycles. The number of nitrogens with zero attached hydrogens (tertiary/aromatic N) is 4. The number of para-hydroxylation sites is 1. The van der Waals surface area contributed by atoms with Crippen molar-refractivity contribution < 1.29 is 4.42 Å². The first-order chi connectivity index (χ1) is 29.7. The second-order valence-corrected chi connectivity index (χ2v) is 15.6. The molecule has 0 saturated carbocycles. The van der Waals surface area contributed by atoms with Crippen molar-refractivity contribution >= 4 is 86.8 Å². The van der Waals surface area contributed by atoms with Crippen LogP contribution < -0.4 is 0 Å². The van der Waals surface area contributed by atoms with Gasteiger partial charge in [0.25, 0.3) is 0 Å². The van der Waals surface area contributed by atoms with Crippen LogP contribution >= 0.6 is 0 Å². The molecule has 0 aliphatic rings. The van der Waals surface area contributed by atoms with Gasteiger partial charge in [0.15, 0.2) is 17.5 Å². The lowest BCUT2D eigenvalue weighted by atomic mass is 10.0. The molecule has 5 heteroatoms. The van der Waals surface area contributed by atoms with Crippen LogP contribution in [0.5, 0.6) is 0 Å². The Morgan fingerprint density at radius 3 is 1.57 bits per heavy atom. The summed E-state index contributed by atoms with van der Waals surface area (Å²) in [5.74, 6) is 1.74. The van der Waals surface area contributed by atoms with Crippen molar-refractivity contribution in [2.24, 2.45) is 0 Å². The third-order valence-corrected chi connectivity index (χ3v) is 12.1. The summed E-state index contributed by atoms with van der Waals surface area (Å²) in [4.78, 5) is 15.9. The number of aromatic nitrogens is 4. The lowest BCUT2D eigenvalue weighted by molar-refractivity contribution is 0.669. The van der Waals surface area contributed by atoms with E-state index < -0.39 is 0 Å². The summed E-state index contributed by atoms with van der Waals surface area (Å²) in [6.45, 7) is 0. The lowest BCUT2D eigenvalue weighted by Crippen LogP contribution is -2.02. The molecule has 0 aliphatic carbocycles. The third-order valence-electron chi connectivity index (χ3n) is 12.1. The fraction of sp³-hybridized carbons (Fsp3) is 0. The van der Waals surface area contributed by atoms with Gasteiger partial charge in [-0.25, -0.2) is 15.0 Å². The van der Waals surface area contributed by atoms with Gasteiger partial charge in [0.05, 0.1) is 16.6 Å². The number of benzene rings is 10. The molecule has 0 N–H and O–H groups in total. The van der Waals surface area contributed by atoms with Gasteiger partial charge in [0.1, 0.15) is 11.2 Å². The first kappa shape index (κ1) is 32.9. The maximum Gasteiger partial charge on any atom is 0.167 e. The van der Waals surface area contributed by atoms with Gasteiger partial charge in [-0.2, -0.15) is 0 Å². The SMILES string of the molecule is c1ccc2cc(-c3nc(-c4cccc5ccccc45)nc(-c4cc(-n5c6cc7ccccc7cc6c6cc7ccccc7cc65)cc5c4oc4ccccc45)n3)ccc2c1. The topological polar surface area (TPSA) is 56.7 Å². The molecule has 10 aromatic carbocycles. The summed E-state index contributed by atoms with van der Waals surface area (Å²) < 4.78 is 9.22. The molecular weight excluding hydrogens is 733 g/mol. The normalized spacial score (nSPS) is 12.0. The van der Waals surface area contributed by atoms with Crippen LogP contribution in [0, 0.1) is 0 Å². The third kappa shape index (κ3) is 5.03. The highest BCUT2D eigenvalue weighted by Crippen LogP contribution is 2.42. The van der Waals surface area contributed by atoms with Gasteiger partial charge in [0, 0.05) is 38.4 Å². The molecule has 0 saturated heterocycles. The predicted molar refractivity (Wildman–Crippen MR) is 248 cm³/mol. The zero-order valence-corrected chi connectivity index (χ0v) is 32.2. The molecule has 0 atom stereocenters. The summed E-state index contributed by atoms with van der Waals surface area (Å²) in [6.07, 6.45) is 0. The largest absolute Gasteiger partial charge is 0.455 e. The summed E-state index contributed by atoms with van der Waals surface area (Å²) in [5, 5.41) is 13.7. The zero-order chi connectivity index (χ0) is 39.3. The van der Waals surface area contributed by atoms with Crippen molar-refractivity contribution in [3.05, 3.63) is 194 Å². The molecule has 0 radical (unpaired) electrons. The van der Waals surface area contributed by atoms with E-state index in [1.807, 2.05) is 12.1 Å². The molecule has 0 amide bonds. The van der Waals surface area contributed by atoms with Gasteiger partial charge in [-0.3, -0.25) is 0 Å². The van der Waals surface area contributed by atoms with Crippen molar-refractivity contribution in [1.82, 2.24) is 19.5 Å². The minimum Gasteiger partial charge on any atom is -0.455 e. The number of rotatable bonds is 4. The molecule has 0 unspecified atom stereocenters. The summed E-state index contributed by atoms with van der Waals surface area (Å²) in [7, 11) is 0. The van der Waals surface area contributed by atoms with Crippen LogP contribution in [-0.4, -0.2) is 19.5 Å². The van der Waals surface area contributed by atoms with Gasteiger partial charge < -0.3 is 8.98 Å². The molecular formula is C55H32N4O. The van der Waals surface area contributed by atoms with Crippen molar-refractivity contribution in [1.29, 1.82) is 0 Å². The number of hydrogen-bond donors (Lipinski definition) is 0. The molecule has 3 heterocycles. The Labute approximate surface area is 343 Å². The van der Waals surface area contributed by atoms with Crippen LogP contribution in [0.15, 0.2) is 199 Å². The molecule has 3 aromatic heterocycles. The van der Waals surface area contributed by atoms with Crippen LogP contribution in [0.4, 0.5) is 0 Å². The number of fused-ring (bicyclic) bond motifs is 10. The highest BCUT2D eigenvalue weighted by molar-refractivity contribution is 6.17. The number of furan rings is 1. The van der Waals surface area contributed by atoms with E-state index in [4.69, 9.17) is 19.4 Å². The average Bonchev–Trinajstić information content (AvgIpc) is 3.83. The lowest BCUT2D eigenvalue weighted by Gasteiger charge is -2.14. The first-order valence-electron chi connectivity index (χ1n) is 20.3. The Kier molecular flexibility index (Phi) is 6.95. The van der Waals surface area contributed by atoms with E-state index in [1.54, 1.807) is 0 Å². The standard InChI is InChI=1S/C55H32N4O/c1-2-14-35-26-40(25-24-33(35)12-1)53-56-54(44-22-11-19-34-13-7-8-20-42(34)44)58-55(57-53)48-32-41(31-47-43-21-9-10-23-51(43)60-52(47)48)59-49-29-38-17-5-3-15-36(38)27-45(49)46-28-37-16-4-6-18-39(37)30-50(46)59/h1-32H. The molecule has 5 nitrogen and oxygen atoms in total. The van der Waals surface area contributed by atoms with Gasteiger partial charge in [-0.05, 0) is 91.6 Å². The number of hydrogen-bond acceptors (Lipinski definition) is 4. The van der Waals surface area contributed by atoms with E-state index in [-0.39, 0.29) is 0 Å². The fourth-order valence-corrected chi connectivity index (χ4v) is 9.27. The predicted octanol–water partition coefficient (Wildman–Crippen LogP) is 14.5. The summed E-state index contributed by atoms with van der Waals surface area (Å²) >= 11 is 0. The van der Waals surface area contributed by atoms with Crippen molar-refractivity contribution in [3.63, 3.8) is 0 Å². The van der Waals surface area contributed by atoms with Crippen LogP contribution in [0.1, 0.15) is 0 Å². The molecule has 13 rings (SSSR count). The van der Waals surface area contributed by atoms with Gasteiger partial charge in [-0.1, -0.05) is 146 Å². The van der Waals surface area contributed by atoms with E-state index in [0.717, 1.165) is 76.9 Å². The van der Waals surface area contributed by atoms with Crippen LogP contribution in [0.3, 0.4) is 0 Å². The van der Waals surface area contributed by atoms with Crippen molar-refractivity contribution in [2.45, 2.75) is 0 Å². The van der Waals surface area contributed by atoms with Crippen molar-refractivity contribution in [3.8, 4) is 39.9 Å². The van der Waals surface area contributed by atoms with E-state index in [0.29, 0.717) is 17.5 Å². The quantitative estimate of drug-likeness (QED) is 0.179. The highest BCUT2D eigenvalue weighted by atomic mass is 16.3. The second kappa shape index (κ2) is 12.7. The molecule has 0 spiro atoms. The molecule has 13 aromatic rings. The minimum absolute atomic E-state index is 0.540. The molecule has 0 fully saturated rings. The summed E-state index contributed by atoms with van der Waals surface area (Å²) in [5.41, 5.74) is 7.44. The highest BCUT2D eigenvalue weighted by Gasteiger charge is 2.23. The van der Waals surface area contributed by atoms with Crippen molar-refractivity contribution in [2.75, 3.05) is 0 Å². The molecule has 60 heavy (non-hydrogen) atoms. The average molecular weight is 765 g/mol. The zero-order valence-electron chi connectivity index (χ0n) is 32.2. The first-order valence-corrected chi connectivity index (χ1v) is 20.3. The van der Waals surface area contributed by atoms with E-state index in [1.165, 1.54) is 32.3 Å². The Hall–Kier alpha value is -8.15. The second-order valence-electron chi connectivity index (χ2n) is 15.6. The smallest absolute Gasteiger partial charge is 0.167 e. The van der Waals surface area contributed by atoms with Gasteiger partial charge in [-0.15, -0.1) is 0 Å². The van der Waals surface area contributed by atoms with Crippen LogP contribution in [0.25, 0.3) is 127 Å². The maximum atomic E-state index is 6.81. The minimum atomic E-state index is 0.540. The Morgan fingerprint density at radius 1 is 0.333 bits per heavy atom. The maximum absolute atomic E-state index is 6.81. The van der Waals surface area contributed by atoms with Gasteiger partial charge >= 0.3 is 0 Å². The fourth-order valence-electron chi connectivity index (χ4n) is 9.27. The van der Waals surface area contributed by atoms with Gasteiger partial charge in [0.2, 0.25) is 0 Å². The Morgan fingerprint density at radius 2 is 0.867 bits per heavy atom. The monoisotopic (exact) mass is 764 g/mol. The Bertz CT molecular complexity index is 3820. The van der Waals surface area contributed by atoms with E-state index >= 15 is 0 Å². The van der Waals surface area contributed by atoms with E-state index in [2.05, 4.69) is 187 Å². The van der Waals surface area contributed by atoms with Crippen LogP contribution in [0.2, 0.25) is 0 Å².